The maximum absolute atomic E-state index is 11.5. The molecule has 0 spiro atoms. The zero-order valence-corrected chi connectivity index (χ0v) is 9.55. The van der Waals surface area contributed by atoms with Crippen LogP contribution in [0.15, 0.2) is 34.9 Å². The van der Waals surface area contributed by atoms with Gasteiger partial charge in [0.2, 0.25) is 12.3 Å². The summed E-state index contributed by atoms with van der Waals surface area (Å²) in [7, 11) is 0. The average Bonchev–Trinajstić information content (AvgIpc) is 2.71. The van der Waals surface area contributed by atoms with Crippen molar-refractivity contribution in [3.8, 4) is 5.95 Å². The Morgan fingerprint density at radius 2 is 2.12 bits per heavy atom. The number of benzene rings is 1. The van der Waals surface area contributed by atoms with Gasteiger partial charge in [-0.1, -0.05) is 35.0 Å². The van der Waals surface area contributed by atoms with Crippen molar-refractivity contribution in [1.82, 2.24) is 5.27 Å². The van der Waals surface area contributed by atoms with Crippen LogP contribution in [0.3, 0.4) is 0 Å². The molecule has 0 unspecified atom stereocenters. The Morgan fingerprint density at radius 3 is 2.76 bits per heavy atom. The number of carbonyl (C=O) groups excluding carboxylic acids is 1. The molecule has 6 heteroatoms. The number of halogens is 1. The smallest absolute Gasteiger partial charge is 0.301 e. The molecule has 2 aromatic rings. The van der Waals surface area contributed by atoms with Gasteiger partial charge < -0.3 is 9.63 Å². The standard InChI is InChI=1S/C11H9ClN2O3/c12-6-9(15)10-11(16)17-13-14(10)7-8-4-2-1-3-5-8/h1-5H,6-7H2. The highest BCUT2D eigenvalue weighted by molar-refractivity contribution is 6.30. The monoisotopic (exact) mass is 252 g/mol. The first kappa shape index (κ1) is 11.6. The van der Waals surface area contributed by atoms with Crippen molar-refractivity contribution in [2.45, 2.75) is 6.54 Å². The minimum absolute atomic E-state index is 0.121. The van der Waals surface area contributed by atoms with Gasteiger partial charge in [0.1, 0.15) is 0 Å². The van der Waals surface area contributed by atoms with Crippen LogP contribution in [0.1, 0.15) is 16.1 Å². The maximum atomic E-state index is 11.5. The van der Waals surface area contributed by atoms with Crippen LogP contribution in [0.25, 0.3) is 0 Å². The number of hydrogen-bond acceptors (Lipinski definition) is 4. The molecule has 0 bridgehead atoms. The first-order valence-corrected chi connectivity index (χ1v) is 5.45. The van der Waals surface area contributed by atoms with Crippen LogP contribution >= 0.6 is 11.6 Å². The number of carbonyl (C=O) groups is 1. The maximum Gasteiger partial charge on any atom is 0.301 e. The molecule has 88 valence electrons. The van der Waals surface area contributed by atoms with Crippen LogP contribution < -0.4 is 9.79 Å². The molecule has 1 aromatic heterocycles. The molecular formula is C11H9ClN2O3. The van der Waals surface area contributed by atoms with Gasteiger partial charge in [-0.25, -0.2) is 0 Å². The van der Waals surface area contributed by atoms with E-state index >= 15 is 0 Å². The lowest BCUT2D eigenvalue weighted by atomic mass is 10.2. The van der Waals surface area contributed by atoms with Gasteiger partial charge in [0.05, 0.1) is 11.2 Å². The molecule has 2 rings (SSSR count). The predicted molar refractivity (Wildman–Crippen MR) is 56.7 cm³/mol. The van der Waals surface area contributed by atoms with E-state index in [1.54, 1.807) is 0 Å². The summed E-state index contributed by atoms with van der Waals surface area (Å²) in [5.74, 6) is -1.52. The number of nitrogens with zero attached hydrogens (tertiary/aromatic N) is 2. The second-order valence-corrected chi connectivity index (χ2v) is 3.68. The highest BCUT2D eigenvalue weighted by Gasteiger charge is 2.24. The van der Waals surface area contributed by atoms with Crippen LogP contribution in [0.2, 0.25) is 0 Å². The number of Topliss-reactive ketones (excluding diaryl/α,β-unsaturated/α-hetero) is 1. The molecule has 0 saturated carbocycles. The Bertz CT molecular complexity index is 525. The molecule has 0 amide bonds. The third-order valence-corrected chi connectivity index (χ3v) is 2.48. The normalized spacial score (nSPS) is 10.4. The van der Waals surface area contributed by atoms with Crippen LogP contribution in [0.4, 0.5) is 0 Å². The molecule has 17 heavy (non-hydrogen) atoms. The predicted octanol–water partition coefficient (Wildman–Crippen LogP) is 0.505. The number of ketones is 1. The molecule has 1 aromatic carbocycles. The molecule has 0 aliphatic rings. The van der Waals surface area contributed by atoms with Crippen LogP contribution in [0.5, 0.6) is 5.95 Å². The quantitative estimate of drug-likeness (QED) is 0.452. The molecule has 5 nitrogen and oxygen atoms in total. The molecule has 0 saturated heterocycles. The van der Waals surface area contributed by atoms with Crippen molar-refractivity contribution < 1.29 is 19.1 Å². The molecule has 0 aliphatic carbocycles. The highest BCUT2D eigenvalue weighted by atomic mass is 35.5. The van der Waals surface area contributed by atoms with Crippen molar-refractivity contribution in [2.75, 3.05) is 5.88 Å². The van der Waals surface area contributed by atoms with E-state index in [9.17, 15) is 9.90 Å². The van der Waals surface area contributed by atoms with E-state index in [0.29, 0.717) is 6.54 Å². The molecule has 0 atom stereocenters. The summed E-state index contributed by atoms with van der Waals surface area (Å²) in [6.07, 6.45) is 0. The fourth-order valence-corrected chi connectivity index (χ4v) is 1.59. The largest absolute Gasteiger partial charge is 0.539 e. The van der Waals surface area contributed by atoms with E-state index in [1.807, 2.05) is 30.3 Å². The van der Waals surface area contributed by atoms with Gasteiger partial charge in [0, 0.05) is 5.56 Å². The first-order chi connectivity index (χ1) is 8.22. The van der Waals surface area contributed by atoms with E-state index in [0.717, 1.165) is 5.56 Å². The summed E-state index contributed by atoms with van der Waals surface area (Å²) in [5, 5.41) is 14.8. The van der Waals surface area contributed by atoms with E-state index in [1.165, 1.54) is 4.68 Å². The summed E-state index contributed by atoms with van der Waals surface area (Å²) in [6, 6.07) is 9.32. The van der Waals surface area contributed by atoms with Crippen molar-refractivity contribution in [3.05, 3.63) is 41.6 Å². The second kappa shape index (κ2) is 4.97. The van der Waals surface area contributed by atoms with Gasteiger partial charge >= 0.3 is 5.69 Å². The Hall–Kier alpha value is -1.88. The lowest BCUT2D eigenvalue weighted by molar-refractivity contribution is -0.756. The van der Waals surface area contributed by atoms with Crippen molar-refractivity contribution >= 4 is 17.4 Å². The number of rotatable bonds is 4. The van der Waals surface area contributed by atoms with Gasteiger partial charge in [0.15, 0.2) is 5.95 Å². The molecule has 0 aliphatic heterocycles. The minimum atomic E-state index is -0.758. The molecule has 0 fully saturated rings. The third kappa shape index (κ3) is 2.45. The number of hydrogen-bond donors (Lipinski definition) is 0. The Kier molecular flexibility index (Phi) is 3.39. The van der Waals surface area contributed by atoms with Crippen LogP contribution in [-0.2, 0) is 6.54 Å². The summed E-state index contributed by atoms with van der Waals surface area (Å²) < 4.78 is 5.69. The molecule has 0 N–H and O–H groups in total. The zero-order valence-electron chi connectivity index (χ0n) is 8.80. The minimum Gasteiger partial charge on any atom is -0.539 e. The van der Waals surface area contributed by atoms with Crippen molar-refractivity contribution in [1.29, 1.82) is 0 Å². The zero-order chi connectivity index (χ0) is 12.3. The fraction of sp³-hybridized carbons (Fsp3) is 0.182. The molecular weight excluding hydrogens is 244 g/mol. The third-order valence-electron chi connectivity index (χ3n) is 2.23. The fourth-order valence-electron chi connectivity index (χ4n) is 1.46. The SMILES string of the molecule is O=C(CCl)c1c([O-])on[n+]1Cc1ccccc1. The lowest BCUT2D eigenvalue weighted by Crippen LogP contribution is -2.42. The summed E-state index contributed by atoms with van der Waals surface area (Å²) in [6.45, 7) is 0.296. The lowest BCUT2D eigenvalue weighted by Gasteiger charge is -1.96. The average molecular weight is 253 g/mol. The Balaban J connectivity index is 2.31. The number of aromatic nitrogens is 2. The van der Waals surface area contributed by atoms with Crippen LogP contribution in [-0.4, -0.2) is 16.9 Å². The second-order valence-electron chi connectivity index (χ2n) is 3.41. The van der Waals surface area contributed by atoms with Gasteiger partial charge in [-0.2, -0.15) is 0 Å². The Morgan fingerprint density at radius 1 is 1.41 bits per heavy atom. The van der Waals surface area contributed by atoms with Crippen LogP contribution in [0, 0.1) is 0 Å². The van der Waals surface area contributed by atoms with Gasteiger partial charge in [-0.3, -0.25) is 4.79 Å². The summed E-state index contributed by atoms with van der Waals surface area (Å²) in [5.41, 5.74) is 0.790. The molecule has 1 heterocycles. The highest BCUT2D eigenvalue weighted by Crippen LogP contribution is 2.09. The first-order valence-electron chi connectivity index (χ1n) is 4.92. The summed E-state index contributed by atoms with van der Waals surface area (Å²) >= 11 is 5.42. The van der Waals surface area contributed by atoms with E-state index in [-0.39, 0.29) is 11.6 Å². The van der Waals surface area contributed by atoms with E-state index in [4.69, 9.17) is 11.6 Å². The number of alkyl halides is 1. The van der Waals surface area contributed by atoms with E-state index in [2.05, 4.69) is 9.79 Å². The topological polar surface area (TPSA) is 70.0 Å². The van der Waals surface area contributed by atoms with Crippen molar-refractivity contribution in [2.24, 2.45) is 0 Å². The van der Waals surface area contributed by atoms with Gasteiger partial charge in [0.25, 0.3) is 0 Å². The summed E-state index contributed by atoms with van der Waals surface area (Å²) in [4.78, 5) is 11.5. The Labute approximate surface area is 102 Å². The van der Waals surface area contributed by atoms with Gasteiger partial charge in [-0.05, 0) is 0 Å². The molecule has 0 radical (unpaired) electrons. The van der Waals surface area contributed by atoms with Crippen molar-refractivity contribution in [3.63, 3.8) is 0 Å². The van der Waals surface area contributed by atoms with E-state index < -0.39 is 11.7 Å². The van der Waals surface area contributed by atoms with Gasteiger partial charge in [-0.15, -0.1) is 11.6 Å².